The molecule has 0 unspecified atom stereocenters. The van der Waals surface area contributed by atoms with Crippen LogP contribution in [0.15, 0.2) is 35.3 Å². The Morgan fingerprint density at radius 1 is 1.20 bits per heavy atom. The van der Waals surface area contributed by atoms with Crippen molar-refractivity contribution in [2.45, 2.75) is 33.6 Å². The van der Waals surface area contributed by atoms with E-state index in [-0.39, 0.29) is 5.41 Å². The van der Waals surface area contributed by atoms with Gasteiger partial charge in [-0.3, -0.25) is 4.99 Å². The first kappa shape index (κ1) is 12.0. The van der Waals surface area contributed by atoms with Crippen molar-refractivity contribution >= 4 is 5.71 Å². The Balaban J connectivity index is 2.81. The fourth-order valence-electron chi connectivity index (χ4n) is 1.61. The van der Waals surface area contributed by atoms with Crippen LogP contribution in [-0.2, 0) is 6.42 Å². The summed E-state index contributed by atoms with van der Waals surface area (Å²) in [5.74, 6) is 0. The predicted octanol–water partition coefficient (Wildman–Crippen LogP) is 3.74. The van der Waals surface area contributed by atoms with Gasteiger partial charge in [0, 0.05) is 24.6 Å². The maximum absolute atomic E-state index is 4.44. The number of rotatable bonds is 4. The first-order valence-corrected chi connectivity index (χ1v) is 5.60. The van der Waals surface area contributed by atoms with Crippen LogP contribution in [0.3, 0.4) is 0 Å². The third-order valence-corrected chi connectivity index (χ3v) is 3.15. The summed E-state index contributed by atoms with van der Waals surface area (Å²) >= 11 is 0. The molecule has 0 aliphatic rings. The average molecular weight is 203 g/mol. The summed E-state index contributed by atoms with van der Waals surface area (Å²) in [6.07, 6.45) is 2.10. The highest BCUT2D eigenvalue weighted by molar-refractivity contribution is 5.91. The summed E-state index contributed by atoms with van der Waals surface area (Å²) in [5.41, 5.74) is 2.85. The molecule has 0 aromatic heterocycles. The van der Waals surface area contributed by atoms with Crippen LogP contribution in [0.4, 0.5) is 0 Å². The van der Waals surface area contributed by atoms with Crippen LogP contribution >= 0.6 is 0 Å². The molecule has 0 bridgehead atoms. The van der Waals surface area contributed by atoms with E-state index in [0.717, 1.165) is 12.8 Å². The second kappa shape index (κ2) is 5.11. The third-order valence-electron chi connectivity index (χ3n) is 3.15. The van der Waals surface area contributed by atoms with E-state index in [0.29, 0.717) is 0 Å². The van der Waals surface area contributed by atoms with E-state index >= 15 is 0 Å². The van der Waals surface area contributed by atoms with Crippen molar-refractivity contribution in [2.24, 2.45) is 10.4 Å². The molecule has 0 aliphatic heterocycles. The topological polar surface area (TPSA) is 12.4 Å². The van der Waals surface area contributed by atoms with Crippen LogP contribution in [-0.4, -0.2) is 12.8 Å². The van der Waals surface area contributed by atoms with Crippen LogP contribution in [0, 0.1) is 5.41 Å². The van der Waals surface area contributed by atoms with E-state index in [1.165, 1.54) is 11.3 Å². The van der Waals surface area contributed by atoms with E-state index in [4.69, 9.17) is 0 Å². The smallest absolute Gasteiger partial charge is 0.0276 e. The summed E-state index contributed by atoms with van der Waals surface area (Å²) in [5, 5.41) is 0. The van der Waals surface area contributed by atoms with Gasteiger partial charge in [-0.15, -0.1) is 0 Å². The van der Waals surface area contributed by atoms with Crippen LogP contribution in [0.25, 0.3) is 0 Å². The minimum atomic E-state index is 0.213. The highest BCUT2D eigenvalue weighted by Gasteiger charge is 2.21. The zero-order chi connectivity index (χ0) is 11.3. The van der Waals surface area contributed by atoms with Crippen molar-refractivity contribution in [2.75, 3.05) is 7.05 Å². The molecule has 1 aromatic carbocycles. The molecular formula is C14H21N. The van der Waals surface area contributed by atoms with Crippen molar-refractivity contribution in [1.82, 2.24) is 0 Å². The summed E-state index contributed by atoms with van der Waals surface area (Å²) in [6.45, 7) is 6.74. The molecule has 15 heavy (non-hydrogen) atoms. The summed E-state index contributed by atoms with van der Waals surface area (Å²) in [4.78, 5) is 4.44. The van der Waals surface area contributed by atoms with Gasteiger partial charge in [-0.1, -0.05) is 51.1 Å². The van der Waals surface area contributed by atoms with E-state index in [2.05, 4.69) is 56.1 Å². The molecule has 0 N–H and O–H groups in total. The molecule has 0 fully saturated rings. The fourth-order valence-corrected chi connectivity index (χ4v) is 1.61. The van der Waals surface area contributed by atoms with Gasteiger partial charge in [0.15, 0.2) is 0 Å². The van der Waals surface area contributed by atoms with Gasteiger partial charge in [-0.05, 0) is 12.0 Å². The highest BCUT2D eigenvalue weighted by Crippen LogP contribution is 2.24. The van der Waals surface area contributed by atoms with Crippen molar-refractivity contribution in [3.8, 4) is 0 Å². The number of nitrogens with zero attached hydrogens (tertiary/aromatic N) is 1. The third kappa shape index (κ3) is 3.19. The molecule has 0 heterocycles. The maximum Gasteiger partial charge on any atom is 0.0276 e. The molecule has 1 rings (SSSR count). The zero-order valence-electron chi connectivity index (χ0n) is 10.2. The SMILES string of the molecule is CCC(C)(C)C(Cc1ccccc1)=NC. The molecule has 0 amide bonds. The molecule has 1 heteroatoms. The molecule has 0 spiro atoms. The Morgan fingerprint density at radius 3 is 2.27 bits per heavy atom. The first-order valence-electron chi connectivity index (χ1n) is 5.60. The minimum Gasteiger partial charge on any atom is -0.297 e. The van der Waals surface area contributed by atoms with E-state index in [1.807, 2.05) is 7.05 Å². The van der Waals surface area contributed by atoms with Gasteiger partial charge in [-0.2, -0.15) is 0 Å². The van der Waals surface area contributed by atoms with Gasteiger partial charge >= 0.3 is 0 Å². The van der Waals surface area contributed by atoms with Gasteiger partial charge in [0.25, 0.3) is 0 Å². The number of aliphatic imine (C=N–C) groups is 1. The Bertz CT molecular complexity index is 322. The maximum atomic E-state index is 4.44. The highest BCUT2D eigenvalue weighted by atomic mass is 14.7. The monoisotopic (exact) mass is 203 g/mol. The van der Waals surface area contributed by atoms with Crippen LogP contribution in [0.2, 0.25) is 0 Å². The van der Waals surface area contributed by atoms with Crippen LogP contribution in [0.1, 0.15) is 32.8 Å². The summed E-state index contributed by atoms with van der Waals surface area (Å²) in [7, 11) is 1.90. The lowest BCUT2D eigenvalue weighted by atomic mass is 9.81. The normalized spacial score (nSPS) is 12.9. The van der Waals surface area contributed by atoms with E-state index < -0.39 is 0 Å². The van der Waals surface area contributed by atoms with Crippen LogP contribution < -0.4 is 0 Å². The lowest BCUT2D eigenvalue weighted by Crippen LogP contribution is -2.25. The number of hydrogen-bond donors (Lipinski definition) is 0. The molecule has 0 saturated heterocycles. The molecule has 1 aromatic rings. The second-order valence-corrected chi connectivity index (χ2v) is 4.57. The number of hydrogen-bond acceptors (Lipinski definition) is 1. The van der Waals surface area contributed by atoms with Gasteiger partial charge in [0.05, 0.1) is 0 Å². The molecule has 1 nitrogen and oxygen atoms in total. The molecular weight excluding hydrogens is 182 g/mol. The van der Waals surface area contributed by atoms with Crippen molar-refractivity contribution in [3.05, 3.63) is 35.9 Å². The standard InChI is InChI=1S/C14H21N/c1-5-14(2,3)13(15-4)11-12-9-7-6-8-10-12/h6-10H,5,11H2,1-4H3. The first-order chi connectivity index (χ1) is 7.10. The fraction of sp³-hybridized carbons (Fsp3) is 0.500. The number of benzene rings is 1. The minimum absolute atomic E-state index is 0.213. The van der Waals surface area contributed by atoms with Gasteiger partial charge in [-0.25, -0.2) is 0 Å². The quantitative estimate of drug-likeness (QED) is 0.661. The largest absolute Gasteiger partial charge is 0.297 e. The van der Waals surface area contributed by atoms with Crippen molar-refractivity contribution in [1.29, 1.82) is 0 Å². The van der Waals surface area contributed by atoms with Gasteiger partial charge < -0.3 is 0 Å². The van der Waals surface area contributed by atoms with Gasteiger partial charge in [0.2, 0.25) is 0 Å². The summed E-state index contributed by atoms with van der Waals surface area (Å²) < 4.78 is 0. The lowest BCUT2D eigenvalue weighted by Gasteiger charge is -2.25. The average Bonchev–Trinajstić information content (AvgIpc) is 2.27. The molecule has 0 radical (unpaired) electrons. The van der Waals surface area contributed by atoms with Crippen LogP contribution in [0.5, 0.6) is 0 Å². The van der Waals surface area contributed by atoms with Crippen molar-refractivity contribution in [3.63, 3.8) is 0 Å². The zero-order valence-corrected chi connectivity index (χ0v) is 10.2. The second-order valence-electron chi connectivity index (χ2n) is 4.57. The lowest BCUT2D eigenvalue weighted by molar-refractivity contribution is 0.495. The van der Waals surface area contributed by atoms with E-state index in [1.54, 1.807) is 0 Å². The van der Waals surface area contributed by atoms with E-state index in [9.17, 15) is 0 Å². The predicted molar refractivity (Wildman–Crippen MR) is 67.6 cm³/mol. The Labute approximate surface area is 93.2 Å². The van der Waals surface area contributed by atoms with Crippen molar-refractivity contribution < 1.29 is 0 Å². The Morgan fingerprint density at radius 2 is 1.80 bits per heavy atom. The molecule has 0 aliphatic carbocycles. The molecule has 82 valence electrons. The van der Waals surface area contributed by atoms with Gasteiger partial charge in [0.1, 0.15) is 0 Å². The Kier molecular flexibility index (Phi) is 4.07. The Hall–Kier alpha value is -1.11. The molecule has 0 saturated carbocycles. The molecule has 0 atom stereocenters. The summed E-state index contributed by atoms with van der Waals surface area (Å²) in [6, 6.07) is 10.5.